The molecular weight excluding hydrogens is 272 g/mol. The minimum absolute atomic E-state index is 0.242. The molecule has 2 rings (SSSR count). The fourth-order valence-electron chi connectivity index (χ4n) is 2.22. The van der Waals surface area contributed by atoms with Crippen molar-refractivity contribution < 1.29 is 4.79 Å². The van der Waals surface area contributed by atoms with Gasteiger partial charge < -0.3 is 5.32 Å². The molecule has 5 nitrogen and oxygen atoms in total. The summed E-state index contributed by atoms with van der Waals surface area (Å²) in [6, 6.07) is 0.281. The molecule has 1 amide bonds. The van der Waals surface area contributed by atoms with Gasteiger partial charge in [0.05, 0.1) is 6.04 Å². The van der Waals surface area contributed by atoms with Crippen LogP contribution in [0, 0.1) is 12.8 Å². The molecule has 1 aliphatic rings. The Morgan fingerprint density at radius 3 is 2.80 bits per heavy atom. The fourth-order valence-corrected chi connectivity index (χ4v) is 3.03. The summed E-state index contributed by atoms with van der Waals surface area (Å²) in [7, 11) is 2.09. The van der Waals surface area contributed by atoms with Gasteiger partial charge in [-0.2, -0.15) is 0 Å². The van der Waals surface area contributed by atoms with Crippen molar-refractivity contribution in [2.24, 2.45) is 5.92 Å². The smallest absolute Gasteiger partial charge is 0.223 e. The first-order valence-corrected chi connectivity index (χ1v) is 8.17. The predicted octanol–water partition coefficient (Wildman–Crippen LogP) is 2.15. The largest absolute Gasteiger partial charge is 0.356 e. The van der Waals surface area contributed by atoms with Crippen LogP contribution in [0.4, 0.5) is 0 Å². The summed E-state index contributed by atoms with van der Waals surface area (Å²) in [5.41, 5.74) is 0. The lowest BCUT2D eigenvalue weighted by atomic mass is 9.85. The first-order chi connectivity index (χ1) is 9.58. The number of carbonyl (C=O) groups excluding carboxylic acids is 1. The second-order valence-corrected chi connectivity index (χ2v) is 6.80. The number of nitrogens with one attached hydrogen (secondary N) is 1. The number of aryl methyl sites for hydroxylation is 1. The van der Waals surface area contributed by atoms with Gasteiger partial charge in [-0.15, -0.1) is 21.5 Å². The maximum Gasteiger partial charge on any atom is 0.223 e. The van der Waals surface area contributed by atoms with E-state index in [0.717, 1.165) is 42.4 Å². The zero-order chi connectivity index (χ0) is 14.5. The monoisotopic (exact) mass is 296 g/mol. The van der Waals surface area contributed by atoms with E-state index in [-0.39, 0.29) is 17.9 Å². The highest BCUT2D eigenvalue weighted by atomic mass is 32.1. The lowest BCUT2D eigenvalue weighted by molar-refractivity contribution is -0.127. The van der Waals surface area contributed by atoms with E-state index in [1.54, 1.807) is 11.3 Å². The molecule has 1 heterocycles. The average Bonchev–Trinajstić information content (AvgIpc) is 2.78. The van der Waals surface area contributed by atoms with Gasteiger partial charge in [0.15, 0.2) is 0 Å². The van der Waals surface area contributed by atoms with Crippen LogP contribution >= 0.6 is 11.3 Å². The summed E-state index contributed by atoms with van der Waals surface area (Å²) in [6.07, 6.45) is 4.31. The van der Waals surface area contributed by atoms with Gasteiger partial charge in [0, 0.05) is 19.0 Å². The molecule has 0 aliphatic heterocycles. The number of carbonyl (C=O) groups is 1. The summed E-state index contributed by atoms with van der Waals surface area (Å²) < 4.78 is 0. The van der Waals surface area contributed by atoms with Crippen molar-refractivity contribution in [3.63, 3.8) is 0 Å². The van der Waals surface area contributed by atoms with Gasteiger partial charge in [-0.3, -0.25) is 9.69 Å². The quantitative estimate of drug-likeness (QED) is 0.783. The Morgan fingerprint density at radius 2 is 2.25 bits per heavy atom. The Kier molecular flexibility index (Phi) is 5.48. The third-order valence-electron chi connectivity index (χ3n) is 4.02. The van der Waals surface area contributed by atoms with Crippen molar-refractivity contribution in [3.8, 4) is 0 Å². The molecule has 0 radical (unpaired) electrons. The van der Waals surface area contributed by atoms with Crippen LogP contribution in [-0.4, -0.2) is 41.1 Å². The predicted molar refractivity (Wildman–Crippen MR) is 80.7 cm³/mol. The van der Waals surface area contributed by atoms with Crippen LogP contribution in [0.2, 0.25) is 0 Å². The normalized spacial score (nSPS) is 17.0. The first-order valence-electron chi connectivity index (χ1n) is 7.36. The number of rotatable bonds is 7. The van der Waals surface area contributed by atoms with Crippen molar-refractivity contribution in [2.45, 2.75) is 45.6 Å². The number of nitrogens with zero attached hydrogens (tertiary/aromatic N) is 3. The van der Waals surface area contributed by atoms with E-state index in [0.29, 0.717) is 0 Å². The molecule has 0 spiro atoms. The molecule has 1 unspecified atom stereocenters. The third kappa shape index (κ3) is 3.99. The highest BCUT2D eigenvalue weighted by Gasteiger charge is 2.24. The van der Waals surface area contributed by atoms with E-state index in [1.165, 1.54) is 6.42 Å². The Bertz CT molecular complexity index is 444. The van der Waals surface area contributed by atoms with Gasteiger partial charge >= 0.3 is 0 Å². The van der Waals surface area contributed by atoms with Gasteiger partial charge in [-0.1, -0.05) is 6.42 Å². The van der Waals surface area contributed by atoms with Gasteiger partial charge in [0.2, 0.25) is 5.91 Å². The van der Waals surface area contributed by atoms with Crippen molar-refractivity contribution in [1.29, 1.82) is 0 Å². The molecule has 1 saturated carbocycles. The van der Waals surface area contributed by atoms with Crippen LogP contribution in [0.5, 0.6) is 0 Å². The van der Waals surface area contributed by atoms with Crippen LogP contribution in [0.3, 0.4) is 0 Å². The van der Waals surface area contributed by atoms with Crippen LogP contribution < -0.4 is 5.32 Å². The fraction of sp³-hybridized carbons (Fsp3) is 0.786. The maximum atomic E-state index is 11.7. The number of hydrogen-bond acceptors (Lipinski definition) is 5. The second-order valence-electron chi connectivity index (χ2n) is 5.59. The minimum atomic E-state index is 0.242. The van der Waals surface area contributed by atoms with Gasteiger partial charge in [-0.25, -0.2) is 0 Å². The summed E-state index contributed by atoms with van der Waals surface area (Å²) >= 11 is 1.65. The van der Waals surface area contributed by atoms with E-state index in [4.69, 9.17) is 0 Å². The molecule has 112 valence electrons. The van der Waals surface area contributed by atoms with Gasteiger partial charge in [-0.05, 0) is 40.2 Å². The molecule has 1 fully saturated rings. The van der Waals surface area contributed by atoms with Crippen molar-refractivity contribution in [2.75, 3.05) is 20.1 Å². The van der Waals surface area contributed by atoms with Crippen LogP contribution in [0.1, 0.15) is 48.7 Å². The summed E-state index contributed by atoms with van der Waals surface area (Å²) in [4.78, 5) is 13.9. The Balaban J connectivity index is 1.64. The first kappa shape index (κ1) is 15.4. The molecule has 1 aromatic rings. The molecule has 0 saturated heterocycles. The zero-order valence-electron chi connectivity index (χ0n) is 12.6. The summed E-state index contributed by atoms with van der Waals surface area (Å²) in [5.74, 6) is 0.530. The molecule has 1 N–H and O–H groups in total. The number of aromatic nitrogens is 2. The molecule has 1 aromatic heterocycles. The number of amides is 1. The van der Waals surface area contributed by atoms with E-state index in [1.807, 2.05) is 6.92 Å². The topological polar surface area (TPSA) is 58.1 Å². The second kappa shape index (κ2) is 7.13. The average molecular weight is 296 g/mol. The Labute approximate surface area is 124 Å². The summed E-state index contributed by atoms with van der Waals surface area (Å²) in [5, 5.41) is 13.4. The maximum absolute atomic E-state index is 11.7. The third-order valence-corrected chi connectivity index (χ3v) is 5.03. The van der Waals surface area contributed by atoms with E-state index in [9.17, 15) is 4.79 Å². The van der Waals surface area contributed by atoms with Gasteiger partial charge in [0.1, 0.15) is 10.0 Å². The minimum Gasteiger partial charge on any atom is -0.356 e. The summed E-state index contributed by atoms with van der Waals surface area (Å²) in [6.45, 7) is 5.84. The zero-order valence-corrected chi connectivity index (χ0v) is 13.4. The molecule has 6 heteroatoms. The molecule has 20 heavy (non-hydrogen) atoms. The molecule has 1 aliphatic carbocycles. The van der Waals surface area contributed by atoms with Crippen molar-refractivity contribution in [1.82, 2.24) is 20.4 Å². The molecular formula is C14H24N4OS. The van der Waals surface area contributed by atoms with Crippen LogP contribution in [-0.2, 0) is 4.79 Å². The van der Waals surface area contributed by atoms with Crippen molar-refractivity contribution in [3.05, 3.63) is 10.0 Å². The highest BCUT2D eigenvalue weighted by molar-refractivity contribution is 7.11. The highest BCUT2D eigenvalue weighted by Crippen LogP contribution is 2.26. The Hall–Kier alpha value is -1.01. The van der Waals surface area contributed by atoms with E-state index in [2.05, 4.69) is 34.4 Å². The lowest BCUT2D eigenvalue weighted by Gasteiger charge is -2.25. The van der Waals surface area contributed by atoms with Gasteiger partial charge in [0.25, 0.3) is 0 Å². The van der Waals surface area contributed by atoms with Crippen LogP contribution in [0.15, 0.2) is 0 Å². The molecule has 1 atom stereocenters. The molecule has 0 aromatic carbocycles. The lowest BCUT2D eigenvalue weighted by Crippen LogP contribution is -2.36. The standard InChI is InChI=1S/C14H24N4OS/c1-10(14-17-16-11(2)20-14)18(3)9-5-8-15-13(19)12-6-4-7-12/h10,12H,4-9H2,1-3H3,(H,15,19). The van der Waals surface area contributed by atoms with Crippen LogP contribution in [0.25, 0.3) is 0 Å². The van der Waals surface area contributed by atoms with Crippen molar-refractivity contribution >= 4 is 17.2 Å². The Morgan fingerprint density at radius 1 is 1.50 bits per heavy atom. The SMILES string of the molecule is Cc1nnc(C(C)N(C)CCCNC(=O)C2CCC2)s1. The number of hydrogen-bond donors (Lipinski definition) is 1. The van der Waals surface area contributed by atoms with E-state index < -0.39 is 0 Å². The molecule has 0 bridgehead atoms. The van der Waals surface area contributed by atoms with E-state index >= 15 is 0 Å².